The normalized spacial score (nSPS) is 10.1. The molecule has 0 spiro atoms. The van der Waals surface area contributed by atoms with Crippen molar-refractivity contribution in [1.82, 2.24) is 5.32 Å². The van der Waals surface area contributed by atoms with Gasteiger partial charge in [-0.1, -0.05) is 37.3 Å². The summed E-state index contributed by atoms with van der Waals surface area (Å²) >= 11 is 0. The number of hydrogen-bond acceptors (Lipinski definition) is 3. The van der Waals surface area contributed by atoms with Crippen LogP contribution in [-0.2, 0) is 19.5 Å². The molecular weight excluding hydrogens is 260 g/mol. The van der Waals surface area contributed by atoms with E-state index in [1.165, 1.54) is 11.1 Å². The van der Waals surface area contributed by atoms with Crippen molar-refractivity contribution >= 4 is 0 Å². The second kappa shape index (κ2) is 7.47. The molecule has 0 bridgehead atoms. The number of hydrogen-bond donors (Lipinski definition) is 1. The number of nitriles is 1. The summed E-state index contributed by atoms with van der Waals surface area (Å²) in [7, 11) is 1.59. The molecule has 0 atom stereocenters. The maximum atomic E-state index is 8.98. The van der Waals surface area contributed by atoms with Gasteiger partial charge in [0, 0.05) is 13.1 Å². The summed E-state index contributed by atoms with van der Waals surface area (Å²) in [5, 5.41) is 12.4. The smallest absolute Gasteiger partial charge is 0.136 e. The van der Waals surface area contributed by atoms with E-state index < -0.39 is 0 Å². The first-order valence-electron chi connectivity index (χ1n) is 7.13. The van der Waals surface area contributed by atoms with E-state index in [9.17, 15) is 0 Å². The summed E-state index contributed by atoms with van der Waals surface area (Å²) in [6.45, 7) is 3.76. The molecule has 2 rings (SSSR count). The Balaban J connectivity index is 1.99. The molecular formula is C18H20N2O. The van der Waals surface area contributed by atoms with Gasteiger partial charge >= 0.3 is 0 Å². The lowest BCUT2D eigenvalue weighted by Crippen LogP contribution is -2.14. The summed E-state index contributed by atoms with van der Waals surface area (Å²) in [6, 6.07) is 16.3. The minimum Gasteiger partial charge on any atom is -0.495 e. The zero-order valence-corrected chi connectivity index (χ0v) is 12.5. The molecule has 21 heavy (non-hydrogen) atoms. The second-order valence-corrected chi connectivity index (χ2v) is 4.87. The second-order valence-electron chi connectivity index (χ2n) is 4.87. The maximum absolute atomic E-state index is 8.98. The third kappa shape index (κ3) is 3.84. The van der Waals surface area contributed by atoms with Crippen molar-refractivity contribution in [2.24, 2.45) is 0 Å². The van der Waals surface area contributed by atoms with E-state index in [2.05, 4.69) is 42.6 Å². The summed E-state index contributed by atoms with van der Waals surface area (Å²) in [6.07, 6.45) is 1.04. The Morgan fingerprint density at radius 2 is 1.86 bits per heavy atom. The lowest BCUT2D eigenvalue weighted by atomic mass is 10.1. The van der Waals surface area contributed by atoms with Crippen molar-refractivity contribution in [3.63, 3.8) is 0 Å². The van der Waals surface area contributed by atoms with Crippen molar-refractivity contribution in [1.29, 1.82) is 5.26 Å². The van der Waals surface area contributed by atoms with Crippen LogP contribution < -0.4 is 10.1 Å². The van der Waals surface area contributed by atoms with Crippen LogP contribution in [-0.4, -0.2) is 7.11 Å². The Morgan fingerprint density at radius 3 is 2.52 bits per heavy atom. The highest BCUT2D eigenvalue weighted by Gasteiger charge is 2.04. The van der Waals surface area contributed by atoms with Crippen molar-refractivity contribution in [2.75, 3.05) is 7.11 Å². The Hall–Kier alpha value is -2.31. The van der Waals surface area contributed by atoms with E-state index in [1.807, 2.05) is 12.1 Å². The third-order valence-corrected chi connectivity index (χ3v) is 3.53. The Bertz CT molecular complexity index is 644. The average molecular weight is 280 g/mol. The van der Waals surface area contributed by atoms with Gasteiger partial charge in [-0.15, -0.1) is 0 Å². The van der Waals surface area contributed by atoms with E-state index in [-0.39, 0.29) is 0 Å². The van der Waals surface area contributed by atoms with Crippen LogP contribution in [0.5, 0.6) is 5.75 Å². The van der Waals surface area contributed by atoms with E-state index in [0.29, 0.717) is 11.3 Å². The van der Waals surface area contributed by atoms with Gasteiger partial charge in [0.15, 0.2) is 0 Å². The first kappa shape index (κ1) is 15.1. The standard InChI is InChI=1S/C18H20N2O/c1-3-15-6-4-5-7-17(15)13-20-12-14-8-9-16(11-19)18(10-14)21-2/h4-10,20H,3,12-13H2,1-2H3. The molecule has 3 nitrogen and oxygen atoms in total. The average Bonchev–Trinajstić information content (AvgIpc) is 2.55. The highest BCUT2D eigenvalue weighted by atomic mass is 16.5. The molecule has 0 amide bonds. The molecule has 0 aliphatic rings. The number of rotatable bonds is 6. The van der Waals surface area contributed by atoms with Gasteiger partial charge in [-0.25, -0.2) is 0 Å². The predicted molar refractivity (Wildman–Crippen MR) is 84.1 cm³/mol. The monoisotopic (exact) mass is 280 g/mol. The van der Waals surface area contributed by atoms with Crippen molar-refractivity contribution in [2.45, 2.75) is 26.4 Å². The van der Waals surface area contributed by atoms with Crippen LogP contribution in [0, 0.1) is 11.3 Å². The highest BCUT2D eigenvalue weighted by Crippen LogP contribution is 2.19. The number of methoxy groups -OCH3 is 1. The lowest BCUT2D eigenvalue weighted by molar-refractivity contribution is 0.412. The summed E-state index contributed by atoms with van der Waals surface area (Å²) in [5.41, 5.74) is 4.39. The Kier molecular flexibility index (Phi) is 5.36. The topological polar surface area (TPSA) is 45.0 Å². The van der Waals surface area contributed by atoms with E-state index in [4.69, 9.17) is 10.00 Å². The van der Waals surface area contributed by atoms with E-state index >= 15 is 0 Å². The van der Waals surface area contributed by atoms with Crippen LogP contribution in [0.3, 0.4) is 0 Å². The molecule has 1 N–H and O–H groups in total. The molecule has 2 aromatic rings. The molecule has 0 aromatic heterocycles. The number of aryl methyl sites for hydroxylation is 1. The lowest BCUT2D eigenvalue weighted by Gasteiger charge is -2.10. The third-order valence-electron chi connectivity index (χ3n) is 3.53. The molecule has 3 heteroatoms. The number of benzene rings is 2. The number of ether oxygens (including phenoxy) is 1. The van der Waals surface area contributed by atoms with Gasteiger partial charge in [-0.05, 0) is 35.2 Å². The fraction of sp³-hybridized carbons (Fsp3) is 0.278. The van der Waals surface area contributed by atoms with Gasteiger partial charge in [0.05, 0.1) is 12.7 Å². The van der Waals surface area contributed by atoms with Crippen molar-refractivity contribution in [3.05, 3.63) is 64.7 Å². The molecule has 2 aromatic carbocycles. The Labute approximate surface area is 126 Å². The quantitative estimate of drug-likeness (QED) is 0.882. The van der Waals surface area contributed by atoms with Gasteiger partial charge in [-0.3, -0.25) is 0 Å². The predicted octanol–water partition coefficient (Wildman–Crippen LogP) is 3.42. The van der Waals surface area contributed by atoms with Gasteiger partial charge < -0.3 is 10.1 Å². The van der Waals surface area contributed by atoms with Gasteiger partial charge in [0.25, 0.3) is 0 Å². The van der Waals surface area contributed by atoms with Crippen LogP contribution >= 0.6 is 0 Å². The molecule has 0 aliphatic carbocycles. The van der Waals surface area contributed by atoms with Crippen LogP contribution in [0.2, 0.25) is 0 Å². The fourth-order valence-electron chi connectivity index (χ4n) is 2.35. The summed E-state index contributed by atoms with van der Waals surface area (Å²) in [5.74, 6) is 0.630. The highest BCUT2D eigenvalue weighted by molar-refractivity contribution is 5.45. The molecule has 0 unspecified atom stereocenters. The number of nitrogens with one attached hydrogen (secondary N) is 1. The minimum absolute atomic E-state index is 0.567. The van der Waals surface area contributed by atoms with Crippen molar-refractivity contribution in [3.8, 4) is 11.8 Å². The van der Waals surface area contributed by atoms with E-state index in [1.54, 1.807) is 13.2 Å². The first-order valence-corrected chi connectivity index (χ1v) is 7.13. The largest absolute Gasteiger partial charge is 0.495 e. The molecule has 0 saturated heterocycles. The van der Waals surface area contributed by atoms with Crippen LogP contribution in [0.4, 0.5) is 0 Å². The SMILES string of the molecule is CCc1ccccc1CNCc1ccc(C#N)c(OC)c1. The van der Waals surface area contributed by atoms with Crippen LogP contribution in [0.1, 0.15) is 29.2 Å². The van der Waals surface area contributed by atoms with Gasteiger partial charge in [-0.2, -0.15) is 5.26 Å². The van der Waals surface area contributed by atoms with E-state index in [0.717, 1.165) is 25.1 Å². The fourth-order valence-corrected chi connectivity index (χ4v) is 2.35. The molecule has 0 fully saturated rings. The summed E-state index contributed by atoms with van der Waals surface area (Å²) < 4.78 is 5.23. The van der Waals surface area contributed by atoms with Gasteiger partial charge in [0.1, 0.15) is 11.8 Å². The first-order chi connectivity index (χ1) is 10.3. The molecule has 0 heterocycles. The number of nitrogens with zero attached hydrogens (tertiary/aromatic N) is 1. The van der Waals surface area contributed by atoms with Gasteiger partial charge in [0.2, 0.25) is 0 Å². The van der Waals surface area contributed by atoms with Crippen molar-refractivity contribution < 1.29 is 4.74 Å². The van der Waals surface area contributed by atoms with Crippen LogP contribution in [0.15, 0.2) is 42.5 Å². The molecule has 0 saturated carbocycles. The molecule has 0 aliphatic heterocycles. The van der Waals surface area contributed by atoms with Crippen LogP contribution in [0.25, 0.3) is 0 Å². The zero-order chi connectivity index (χ0) is 15.1. The minimum atomic E-state index is 0.567. The summed E-state index contributed by atoms with van der Waals surface area (Å²) in [4.78, 5) is 0. The molecule has 108 valence electrons. The zero-order valence-electron chi connectivity index (χ0n) is 12.5. The maximum Gasteiger partial charge on any atom is 0.136 e. The Morgan fingerprint density at radius 1 is 1.10 bits per heavy atom. The molecule has 0 radical (unpaired) electrons.